The number of esters is 1. The average molecular weight is 473 g/mol. The van der Waals surface area contributed by atoms with Crippen molar-refractivity contribution < 1.29 is 28.3 Å². The molecule has 178 valence electrons. The maximum absolute atomic E-state index is 12.6. The van der Waals surface area contributed by atoms with Crippen molar-refractivity contribution in [2.45, 2.75) is 19.6 Å². The number of aromatic nitrogens is 2. The van der Waals surface area contributed by atoms with E-state index in [9.17, 15) is 9.59 Å². The zero-order valence-corrected chi connectivity index (χ0v) is 19.0. The summed E-state index contributed by atoms with van der Waals surface area (Å²) in [6.45, 7) is 0.0715. The standard InChI is InChI=1S/C26H23N3O6/c1-32-22-14-8-6-12-20(22)27-24(30)15-23-28-25(35-29-23)17-34-26(31)19-11-5-7-13-21(19)33-16-18-9-3-2-4-10-18/h2-14H,15-17H2,1H3,(H,27,30). The first-order chi connectivity index (χ1) is 17.1. The van der Waals surface area contributed by atoms with Gasteiger partial charge in [-0.1, -0.05) is 59.8 Å². The minimum absolute atomic E-state index is 0.0705. The quantitative estimate of drug-likeness (QED) is 0.341. The minimum Gasteiger partial charge on any atom is -0.495 e. The molecule has 1 heterocycles. The molecule has 35 heavy (non-hydrogen) atoms. The third-order valence-corrected chi connectivity index (χ3v) is 4.88. The Morgan fingerprint density at radius 1 is 0.886 bits per heavy atom. The highest BCUT2D eigenvalue weighted by Gasteiger charge is 2.17. The van der Waals surface area contributed by atoms with Crippen LogP contribution in [0.3, 0.4) is 0 Å². The molecule has 0 fully saturated rings. The summed E-state index contributed by atoms with van der Waals surface area (Å²) in [5.41, 5.74) is 1.79. The van der Waals surface area contributed by atoms with E-state index >= 15 is 0 Å². The number of rotatable bonds is 10. The molecule has 4 aromatic rings. The average Bonchev–Trinajstić information content (AvgIpc) is 3.34. The molecule has 0 aliphatic carbocycles. The normalized spacial score (nSPS) is 10.4. The lowest BCUT2D eigenvalue weighted by Crippen LogP contribution is -2.15. The predicted molar refractivity (Wildman–Crippen MR) is 126 cm³/mol. The van der Waals surface area contributed by atoms with Gasteiger partial charge in [0, 0.05) is 0 Å². The summed E-state index contributed by atoms with van der Waals surface area (Å²) in [5.74, 6) is 0.233. The van der Waals surface area contributed by atoms with Gasteiger partial charge in [-0.2, -0.15) is 4.98 Å². The van der Waals surface area contributed by atoms with Gasteiger partial charge in [-0.15, -0.1) is 0 Å². The van der Waals surface area contributed by atoms with Crippen LogP contribution < -0.4 is 14.8 Å². The number of ether oxygens (including phenoxy) is 3. The number of nitrogens with one attached hydrogen (secondary N) is 1. The van der Waals surface area contributed by atoms with E-state index in [1.54, 1.807) is 48.5 Å². The van der Waals surface area contributed by atoms with Crippen molar-refractivity contribution in [1.82, 2.24) is 10.1 Å². The van der Waals surface area contributed by atoms with Gasteiger partial charge < -0.3 is 24.1 Å². The molecule has 0 radical (unpaired) electrons. The number of carbonyl (C=O) groups is 2. The molecule has 3 aromatic carbocycles. The van der Waals surface area contributed by atoms with Crippen LogP contribution in [0.25, 0.3) is 0 Å². The molecule has 4 rings (SSSR count). The molecule has 0 bridgehead atoms. The largest absolute Gasteiger partial charge is 0.495 e. The Kier molecular flexibility index (Phi) is 7.70. The number of para-hydroxylation sites is 3. The fourth-order valence-corrected chi connectivity index (χ4v) is 3.21. The SMILES string of the molecule is COc1ccccc1NC(=O)Cc1noc(COC(=O)c2ccccc2OCc2ccccc2)n1. The summed E-state index contributed by atoms with van der Waals surface area (Å²) >= 11 is 0. The van der Waals surface area contributed by atoms with Crippen molar-refractivity contribution in [3.63, 3.8) is 0 Å². The fourth-order valence-electron chi connectivity index (χ4n) is 3.21. The highest BCUT2D eigenvalue weighted by Crippen LogP contribution is 2.23. The molecule has 9 heteroatoms. The number of amides is 1. The Hall–Kier alpha value is -4.66. The molecule has 9 nitrogen and oxygen atoms in total. The minimum atomic E-state index is -0.595. The molecular weight excluding hydrogens is 450 g/mol. The summed E-state index contributed by atoms with van der Waals surface area (Å²) < 4.78 is 21.4. The van der Waals surface area contributed by atoms with Crippen LogP contribution in [0.2, 0.25) is 0 Å². The summed E-state index contributed by atoms with van der Waals surface area (Å²) in [5, 5.41) is 6.51. The molecule has 0 saturated carbocycles. The smallest absolute Gasteiger partial charge is 0.342 e. The second kappa shape index (κ2) is 11.5. The van der Waals surface area contributed by atoms with Gasteiger partial charge in [0.2, 0.25) is 5.91 Å². The van der Waals surface area contributed by atoms with Gasteiger partial charge in [0.1, 0.15) is 23.7 Å². The number of carbonyl (C=O) groups excluding carboxylic acids is 2. The summed E-state index contributed by atoms with van der Waals surface area (Å²) in [7, 11) is 1.52. The van der Waals surface area contributed by atoms with Crippen LogP contribution in [0.1, 0.15) is 27.6 Å². The molecule has 1 N–H and O–H groups in total. The predicted octanol–water partition coefficient (Wildman–Crippen LogP) is 4.20. The first kappa shape index (κ1) is 23.5. The van der Waals surface area contributed by atoms with Gasteiger partial charge in [0.05, 0.1) is 19.2 Å². The Labute approximate surface area is 201 Å². The summed E-state index contributed by atoms with van der Waals surface area (Å²) in [6, 6.07) is 23.5. The van der Waals surface area contributed by atoms with Crippen LogP contribution in [-0.2, 0) is 29.2 Å². The number of benzene rings is 3. The molecule has 0 unspecified atom stereocenters. The lowest BCUT2D eigenvalue weighted by atomic mass is 10.2. The maximum atomic E-state index is 12.6. The lowest BCUT2D eigenvalue weighted by molar-refractivity contribution is -0.115. The molecule has 1 aromatic heterocycles. The highest BCUT2D eigenvalue weighted by molar-refractivity contribution is 5.93. The second-order valence-electron chi connectivity index (χ2n) is 7.38. The number of nitrogens with zero attached hydrogens (tertiary/aromatic N) is 2. The molecular formula is C26H23N3O6. The molecule has 0 aliphatic heterocycles. The van der Waals surface area contributed by atoms with Crippen LogP contribution in [-0.4, -0.2) is 29.1 Å². The Morgan fingerprint density at radius 2 is 1.60 bits per heavy atom. The number of methoxy groups -OCH3 is 1. The third kappa shape index (κ3) is 6.44. The zero-order chi connectivity index (χ0) is 24.5. The van der Waals surface area contributed by atoms with Gasteiger partial charge in [-0.25, -0.2) is 4.79 Å². The van der Waals surface area contributed by atoms with Crippen molar-refractivity contribution >= 4 is 17.6 Å². The second-order valence-corrected chi connectivity index (χ2v) is 7.38. The van der Waals surface area contributed by atoms with E-state index in [1.807, 2.05) is 30.3 Å². The van der Waals surface area contributed by atoms with Crippen LogP contribution in [0.15, 0.2) is 83.4 Å². The molecule has 0 atom stereocenters. The van der Waals surface area contributed by atoms with Crippen molar-refractivity contribution in [2.24, 2.45) is 0 Å². The summed E-state index contributed by atoms with van der Waals surface area (Å²) in [4.78, 5) is 29.1. The molecule has 0 aliphatic rings. The zero-order valence-electron chi connectivity index (χ0n) is 19.0. The molecule has 0 saturated heterocycles. The van der Waals surface area contributed by atoms with Crippen LogP contribution in [0, 0.1) is 0 Å². The Balaban J connectivity index is 1.31. The van der Waals surface area contributed by atoms with E-state index in [0.717, 1.165) is 5.56 Å². The number of hydrogen-bond acceptors (Lipinski definition) is 8. The third-order valence-electron chi connectivity index (χ3n) is 4.88. The first-order valence-corrected chi connectivity index (χ1v) is 10.8. The number of anilines is 1. The first-order valence-electron chi connectivity index (χ1n) is 10.8. The van der Waals surface area contributed by atoms with E-state index in [2.05, 4.69) is 15.5 Å². The van der Waals surface area contributed by atoms with Crippen LogP contribution >= 0.6 is 0 Å². The fraction of sp³-hybridized carbons (Fsp3) is 0.154. The van der Waals surface area contributed by atoms with Gasteiger partial charge >= 0.3 is 5.97 Å². The van der Waals surface area contributed by atoms with Crippen LogP contribution in [0.4, 0.5) is 5.69 Å². The van der Waals surface area contributed by atoms with E-state index in [4.69, 9.17) is 18.7 Å². The number of hydrogen-bond donors (Lipinski definition) is 1. The van der Waals surface area contributed by atoms with Crippen molar-refractivity contribution in [2.75, 3.05) is 12.4 Å². The lowest BCUT2D eigenvalue weighted by Gasteiger charge is -2.10. The van der Waals surface area contributed by atoms with Crippen molar-refractivity contribution in [1.29, 1.82) is 0 Å². The Morgan fingerprint density at radius 3 is 2.40 bits per heavy atom. The van der Waals surface area contributed by atoms with Gasteiger partial charge in [0.25, 0.3) is 5.89 Å². The monoisotopic (exact) mass is 473 g/mol. The van der Waals surface area contributed by atoms with Gasteiger partial charge in [0.15, 0.2) is 12.4 Å². The van der Waals surface area contributed by atoms with Crippen LogP contribution in [0.5, 0.6) is 11.5 Å². The van der Waals surface area contributed by atoms with Crippen molar-refractivity contribution in [3.8, 4) is 11.5 Å². The van der Waals surface area contributed by atoms with Crippen molar-refractivity contribution in [3.05, 3.63) is 102 Å². The highest BCUT2D eigenvalue weighted by atomic mass is 16.6. The van der Waals surface area contributed by atoms with Gasteiger partial charge in [-0.05, 0) is 29.8 Å². The van der Waals surface area contributed by atoms with E-state index in [1.165, 1.54) is 7.11 Å². The Bertz CT molecular complexity index is 1290. The maximum Gasteiger partial charge on any atom is 0.342 e. The molecule has 0 spiro atoms. The van der Waals surface area contributed by atoms with E-state index in [0.29, 0.717) is 23.8 Å². The van der Waals surface area contributed by atoms with E-state index < -0.39 is 5.97 Å². The van der Waals surface area contributed by atoms with E-state index in [-0.39, 0.29) is 36.2 Å². The molecule has 1 amide bonds. The summed E-state index contributed by atoms with van der Waals surface area (Å²) in [6.07, 6.45) is -0.119. The van der Waals surface area contributed by atoms with Gasteiger partial charge in [-0.3, -0.25) is 4.79 Å². The topological polar surface area (TPSA) is 113 Å².